The van der Waals surface area contributed by atoms with Crippen molar-refractivity contribution in [2.45, 2.75) is 12.8 Å². The molecular weight excluding hydrogens is 282 g/mol. The molecule has 110 valence electrons. The van der Waals surface area contributed by atoms with E-state index in [1.165, 1.54) is 12.1 Å². The van der Waals surface area contributed by atoms with Crippen LogP contribution in [0.1, 0.15) is 18.4 Å². The van der Waals surface area contributed by atoms with E-state index in [9.17, 15) is 14.9 Å². The first kappa shape index (κ1) is 13.9. The third kappa shape index (κ3) is 2.58. The van der Waals surface area contributed by atoms with Gasteiger partial charge in [0.05, 0.1) is 10.6 Å². The average molecular weight is 295 g/mol. The predicted molar refractivity (Wildman–Crippen MR) is 82.8 cm³/mol. The van der Waals surface area contributed by atoms with Gasteiger partial charge in [0.15, 0.2) is 0 Å². The number of rotatable bonds is 3. The molecule has 1 heterocycles. The van der Waals surface area contributed by atoms with Gasteiger partial charge in [-0.15, -0.1) is 0 Å². The zero-order valence-corrected chi connectivity index (χ0v) is 11.7. The molecule has 0 unspecified atom stereocenters. The molecule has 1 amide bonds. The van der Waals surface area contributed by atoms with Crippen molar-refractivity contribution in [3.05, 3.63) is 70.3 Å². The fraction of sp³-hybridized carbons (Fsp3) is 0.125. The quantitative estimate of drug-likeness (QED) is 0.645. The highest BCUT2D eigenvalue weighted by Crippen LogP contribution is 2.30. The SMILES string of the molecule is O=C1CCC(c2ccccc2)=NN1c1ccccc1[N+](=O)[O-]. The zero-order valence-electron chi connectivity index (χ0n) is 11.7. The molecule has 1 aliphatic rings. The number of carbonyl (C=O) groups excluding carboxylic acids is 1. The van der Waals surface area contributed by atoms with Crippen LogP contribution in [0.3, 0.4) is 0 Å². The van der Waals surface area contributed by atoms with Gasteiger partial charge in [-0.05, 0) is 11.6 Å². The van der Waals surface area contributed by atoms with E-state index in [0.29, 0.717) is 6.42 Å². The van der Waals surface area contributed by atoms with Crippen LogP contribution in [0.15, 0.2) is 59.7 Å². The highest BCUT2D eigenvalue weighted by molar-refractivity contribution is 6.09. The Hall–Kier alpha value is -3.02. The van der Waals surface area contributed by atoms with Crippen molar-refractivity contribution in [1.82, 2.24) is 0 Å². The van der Waals surface area contributed by atoms with Crippen molar-refractivity contribution in [3.63, 3.8) is 0 Å². The fourth-order valence-corrected chi connectivity index (χ4v) is 2.38. The van der Waals surface area contributed by atoms with Crippen LogP contribution >= 0.6 is 0 Å². The maximum Gasteiger partial charge on any atom is 0.295 e. The summed E-state index contributed by atoms with van der Waals surface area (Å²) in [7, 11) is 0. The molecule has 2 aromatic rings. The molecule has 0 spiro atoms. The first-order chi connectivity index (χ1) is 10.7. The Morgan fingerprint density at radius 2 is 1.68 bits per heavy atom. The fourth-order valence-electron chi connectivity index (χ4n) is 2.38. The minimum atomic E-state index is -0.505. The summed E-state index contributed by atoms with van der Waals surface area (Å²) in [6, 6.07) is 15.6. The van der Waals surface area contributed by atoms with E-state index in [1.807, 2.05) is 30.3 Å². The number of hydrazone groups is 1. The molecule has 22 heavy (non-hydrogen) atoms. The smallest absolute Gasteiger partial charge is 0.273 e. The van der Waals surface area contributed by atoms with E-state index >= 15 is 0 Å². The van der Waals surface area contributed by atoms with Crippen molar-refractivity contribution in [1.29, 1.82) is 0 Å². The van der Waals surface area contributed by atoms with Gasteiger partial charge < -0.3 is 0 Å². The molecular formula is C16H13N3O3. The molecule has 0 saturated heterocycles. The summed E-state index contributed by atoms with van der Waals surface area (Å²) >= 11 is 0. The van der Waals surface area contributed by atoms with Gasteiger partial charge in [-0.2, -0.15) is 10.1 Å². The topological polar surface area (TPSA) is 75.8 Å². The molecule has 6 nitrogen and oxygen atoms in total. The molecule has 0 bridgehead atoms. The third-order valence-electron chi connectivity index (χ3n) is 3.45. The van der Waals surface area contributed by atoms with E-state index in [-0.39, 0.29) is 23.7 Å². The van der Waals surface area contributed by atoms with Crippen molar-refractivity contribution < 1.29 is 9.72 Å². The number of benzene rings is 2. The van der Waals surface area contributed by atoms with Crippen LogP contribution in [-0.4, -0.2) is 16.5 Å². The Morgan fingerprint density at radius 1 is 1.00 bits per heavy atom. The zero-order chi connectivity index (χ0) is 15.5. The number of carbonyl (C=O) groups is 1. The summed E-state index contributed by atoms with van der Waals surface area (Å²) in [5.41, 5.74) is 1.73. The largest absolute Gasteiger partial charge is 0.295 e. The monoisotopic (exact) mass is 295 g/mol. The second kappa shape index (κ2) is 5.77. The van der Waals surface area contributed by atoms with Gasteiger partial charge in [-0.3, -0.25) is 14.9 Å². The molecule has 3 rings (SSSR count). The second-order valence-electron chi connectivity index (χ2n) is 4.86. The summed E-state index contributed by atoms with van der Waals surface area (Å²) in [5, 5.41) is 16.6. The Morgan fingerprint density at radius 3 is 2.41 bits per heavy atom. The summed E-state index contributed by atoms with van der Waals surface area (Å²) in [6.45, 7) is 0. The van der Waals surface area contributed by atoms with Gasteiger partial charge in [-0.1, -0.05) is 42.5 Å². The normalized spacial score (nSPS) is 14.6. The molecule has 0 fully saturated rings. The number of amides is 1. The van der Waals surface area contributed by atoms with E-state index in [1.54, 1.807) is 12.1 Å². The maximum absolute atomic E-state index is 12.1. The van der Waals surface area contributed by atoms with Crippen molar-refractivity contribution >= 4 is 23.0 Å². The van der Waals surface area contributed by atoms with Gasteiger partial charge in [-0.25, -0.2) is 0 Å². The van der Waals surface area contributed by atoms with Crippen LogP contribution in [0.2, 0.25) is 0 Å². The minimum absolute atomic E-state index is 0.131. The number of nitro benzene ring substituents is 1. The van der Waals surface area contributed by atoms with Crippen LogP contribution in [-0.2, 0) is 4.79 Å². The predicted octanol–water partition coefficient (Wildman–Crippen LogP) is 3.13. The van der Waals surface area contributed by atoms with Crippen LogP contribution < -0.4 is 5.01 Å². The van der Waals surface area contributed by atoms with E-state index in [0.717, 1.165) is 16.3 Å². The summed E-state index contributed by atoms with van der Waals surface area (Å²) in [6.07, 6.45) is 0.805. The summed E-state index contributed by atoms with van der Waals surface area (Å²) < 4.78 is 0. The van der Waals surface area contributed by atoms with Crippen molar-refractivity contribution in [3.8, 4) is 0 Å². The number of hydrogen-bond donors (Lipinski definition) is 0. The molecule has 2 aromatic carbocycles. The molecule has 0 atom stereocenters. The first-order valence-corrected chi connectivity index (χ1v) is 6.86. The van der Waals surface area contributed by atoms with Crippen LogP contribution in [0.4, 0.5) is 11.4 Å². The summed E-state index contributed by atoms with van der Waals surface area (Å²) in [5.74, 6) is -0.242. The number of para-hydroxylation sites is 2. The van der Waals surface area contributed by atoms with Crippen molar-refractivity contribution in [2.75, 3.05) is 5.01 Å². The Labute approximate surface area is 126 Å². The van der Waals surface area contributed by atoms with Gasteiger partial charge >= 0.3 is 0 Å². The van der Waals surface area contributed by atoms with Gasteiger partial charge in [0.25, 0.3) is 5.69 Å². The molecule has 0 aliphatic carbocycles. The second-order valence-corrected chi connectivity index (χ2v) is 4.86. The number of hydrogen-bond acceptors (Lipinski definition) is 4. The van der Waals surface area contributed by atoms with Gasteiger partial charge in [0, 0.05) is 18.9 Å². The molecule has 0 N–H and O–H groups in total. The van der Waals surface area contributed by atoms with E-state index < -0.39 is 4.92 Å². The van der Waals surface area contributed by atoms with E-state index in [4.69, 9.17) is 0 Å². The van der Waals surface area contributed by atoms with Crippen LogP contribution in [0.25, 0.3) is 0 Å². The molecule has 1 aliphatic heterocycles. The lowest BCUT2D eigenvalue weighted by molar-refractivity contribution is -0.384. The lowest BCUT2D eigenvalue weighted by Gasteiger charge is -2.23. The highest BCUT2D eigenvalue weighted by Gasteiger charge is 2.27. The Bertz CT molecular complexity index is 756. The Kier molecular flexibility index (Phi) is 3.65. The summed E-state index contributed by atoms with van der Waals surface area (Å²) in [4.78, 5) is 22.8. The van der Waals surface area contributed by atoms with Crippen LogP contribution in [0.5, 0.6) is 0 Å². The van der Waals surface area contributed by atoms with Gasteiger partial charge in [0.1, 0.15) is 5.69 Å². The van der Waals surface area contributed by atoms with Gasteiger partial charge in [0.2, 0.25) is 5.91 Å². The van der Waals surface area contributed by atoms with E-state index in [2.05, 4.69) is 5.10 Å². The Balaban J connectivity index is 2.06. The lowest BCUT2D eigenvalue weighted by Crippen LogP contribution is -2.32. The highest BCUT2D eigenvalue weighted by atomic mass is 16.6. The molecule has 0 aromatic heterocycles. The number of nitrogens with zero attached hydrogens (tertiary/aromatic N) is 3. The molecule has 0 saturated carbocycles. The number of anilines is 1. The lowest BCUT2D eigenvalue weighted by atomic mass is 10.0. The number of nitro groups is 1. The first-order valence-electron chi connectivity index (χ1n) is 6.86. The standard InChI is InChI=1S/C16H13N3O3/c20-16-11-10-13(12-6-2-1-3-7-12)17-18(16)14-8-4-5-9-15(14)19(21)22/h1-9H,10-11H2. The third-order valence-corrected chi connectivity index (χ3v) is 3.45. The van der Waals surface area contributed by atoms with Crippen molar-refractivity contribution in [2.24, 2.45) is 5.10 Å². The average Bonchev–Trinajstić information content (AvgIpc) is 2.56. The molecule has 6 heteroatoms. The minimum Gasteiger partial charge on any atom is -0.273 e. The maximum atomic E-state index is 12.1. The molecule has 0 radical (unpaired) electrons. The van der Waals surface area contributed by atoms with Crippen LogP contribution in [0, 0.1) is 10.1 Å².